The zero-order valence-electron chi connectivity index (χ0n) is 8.24. The maximum absolute atomic E-state index is 5.76. The molecule has 0 unspecified atom stereocenters. The van der Waals surface area contributed by atoms with Crippen molar-refractivity contribution in [3.8, 4) is 16.3 Å². The average Bonchev–Trinajstić information content (AvgIpc) is 2.81. The topological polar surface area (TPSA) is 22.1 Å². The molecule has 0 N–H and O–H groups in total. The van der Waals surface area contributed by atoms with Gasteiger partial charge in [-0.1, -0.05) is 6.07 Å². The minimum absolute atomic E-state index is 0.495. The molecule has 0 saturated carbocycles. The quantitative estimate of drug-likeness (QED) is 0.765. The summed E-state index contributed by atoms with van der Waals surface area (Å²) in [5, 5.41) is 2.91. The van der Waals surface area contributed by atoms with Crippen molar-refractivity contribution in [3.05, 3.63) is 35.3 Å². The van der Waals surface area contributed by atoms with Crippen molar-refractivity contribution in [3.63, 3.8) is 0 Å². The molecule has 2 rings (SSSR count). The van der Waals surface area contributed by atoms with E-state index in [4.69, 9.17) is 16.3 Å². The molecule has 0 aliphatic carbocycles. The van der Waals surface area contributed by atoms with E-state index in [9.17, 15) is 0 Å². The molecule has 0 radical (unpaired) electrons. The number of rotatable bonds is 3. The predicted molar refractivity (Wildman–Crippen MR) is 63.7 cm³/mol. The monoisotopic (exact) mass is 239 g/mol. The van der Waals surface area contributed by atoms with Crippen LogP contribution in [0.25, 0.3) is 10.6 Å². The molecule has 0 spiro atoms. The van der Waals surface area contributed by atoms with Crippen molar-refractivity contribution < 1.29 is 4.74 Å². The summed E-state index contributed by atoms with van der Waals surface area (Å²) in [5.74, 6) is 1.32. The van der Waals surface area contributed by atoms with Crippen molar-refractivity contribution in [2.24, 2.45) is 0 Å². The Hall–Kier alpha value is -1.06. The molecular weight excluding hydrogens is 230 g/mol. The van der Waals surface area contributed by atoms with Crippen LogP contribution in [0, 0.1) is 0 Å². The van der Waals surface area contributed by atoms with Gasteiger partial charge in [-0.25, -0.2) is 4.98 Å². The largest absolute Gasteiger partial charge is 0.496 e. The third kappa shape index (κ3) is 2.13. The number of ether oxygens (including phenoxy) is 1. The van der Waals surface area contributed by atoms with E-state index >= 15 is 0 Å². The normalized spacial score (nSPS) is 10.3. The number of hydrogen-bond donors (Lipinski definition) is 0. The van der Waals surface area contributed by atoms with Gasteiger partial charge in [-0.05, 0) is 17.7 Å². The number of alkyl halides is 1. The summed E-state index contributed by atoms with van der Waals surface area (Å²) in [6.07, 6.45) is 1.79. The summed E-state index contributed by atoms with van der Waals surface area (Å²) < 4.78 is 5.32. The molecule has 1 aromatic heterocycles. The van der Waals surface area contributed by atoms with E-state index in [1.165, 1.54) is 0 Å². The summed E-state index contributed by atoms with van der Waals surface area (Å²) in [7, 11) is 1.66. The lowest BCUT2D eigenvalue weighted by Crippen LogP contribution is -1.89. The zero-order chi connectivity index (χ0) is 10.7. The first-order chi connectivity index (χ1) is 7.35. The van der Waals surface area contributed by atoms with Crippen molar-refractivity contribution in [1.82, 2.24) is 4.98 Å². The standard InChI is InChI=1S/C11H10ClNOS/c1-14-10-6-8(7-12)2-3-9(10)11-13-4-5-15-11/h2-6H,7H2,1H3. The maximum atomic E-state index is 5.76. The Balaban J connectivity index is 2.48. The highest BCUT2D eigenvalue weighted by Crippen LogP contribution is 2.32. The second kappa shape index (κ2) is 4.64. The Bertz CT molecular complexity index is 442. The van der Waals surface area contributed by atoms with E-state index in [0.717, 1.165) is 21.9 Å². The molecule has 0 saturated heterocycles. The smallest absolute Gasteiger partial charge is 0.129 e. The van der Waals surface area contributed by atoms with Gasteiger partial charge in [-0.15, -0.1) is 22.9 Å². The van der Waals surface area contributed by atoms with Crippen LogP contribution in [0.5, 0.6) is 5.75 Å². The van der Waals surface area contributed by atoms with Crippen LogP contribution in [0.1, 0.15) is 5.56 Å². The highest BCUT2D eigenvalue weighted by atomic mass is 35.5. The number of aromatic nitrogens is 1. The molecule has 15 heavy (non-hydrogen) atoms. The van der Waals surface area contributed by atoms with E-state index in [2.05, 4.69) is 4.98 Å². The molecule has 0 atom stereocenters. The third-order valence-electron chi connectivity index (χ3n) is 2.08. The van der Waals surface area contributed by atoms with E-state index in [1.54, 1.807) is 24.6 Å². The first-order valence-corrected chi connectivity index (χ1v) is 5.89. The van der Waals surface area contributed by atoms with Crippen LogP contribution >= 0.6 is 22.9 Å². The number of thiazole rings is 1. The lowest BCUT2D eigenvalue weighted by molar-refractivity contribution is 0.416. The van der Waals surface area contributed by atoms with Gasteiger partial charge in [-0.2, -0.15) is 0 Å². The summed E-state index contributed by atoms with van der Waals surface area (Å²) in [6.45, 7) is 0. The number of nitrogens with zero attached hydrogens (tertiary/aromatic N) is 1. The summed E-state index contributed by atoms with van der Waals surface area (Å²) in [4.78, 5) is 4.26. The average molecular weight is 240 g/mol. The molecule has 2 nitrogen and oxygen atoms in total. The van der Waals surface area contributed by atoms with Crippen LogP contribution in [-0.2, 0) is 5.88 Å². The van der Waals surface area contributed by atoms with Gasteiger partial charge >= 0.3 is 0 Å². The first-order valence-electron chi connectivity index (χ1n) is 4.48. The number of halogens is 1. The van der Waals surface area contributed by atoms with Crippen LogP contribution in [0.4, 0.5) is 0 Å². The maximum Gasteiger partial charge on any atom is 0.129 e. The van der Waals surface area contributed by atoms with Gasteiger partial charge in [0.15, 0.2) is 0 Å². The number of methoxy groups -OCH3 is 1. The van der Waals surface area contributed by atoms with Gasteiger partial charge < -0.3 is 4.74 Å². The molecule has 0 aliphatic rings. The van der Waals surface area contributed by atoms with Gasteiger partial charge in [0.1, 0.15) is 10.8 Å². The Morgan fingerprint density at radius 3 is 2.93 bits per heavy atom. The minimum atomic E-state index is 0.495. The molecule has 2 aromatic rings. The van der Waals surface area contributed by atoms with Crippen LogP contribution < -0.4 is 4.74 Å². The molecule has 78 valence electrons. The van der Waals surface area contributed by atoms with E-state index in [1.807, 2.05) is 23.6 Å². The van der Waals surface area contributed by atoms with Crippen LogP contribution in [0.3, 0.4) is 0 Å². The van der Waals surface area contributed by atoms with Crippen LogP contribution in [0.15, 0.2) is 29.8 Å². The number of hydrogen-bond acceptors (Lipinski definition) is 3. The Kier molecular flexibility index (Phi) is 3.23. The van der Waals surface area contributed by atoms with Crippen molar-refractivity contribution in [2.45, 2.75) is 5.88 Å². The number of benzene rings is 1. The second-order valence-electron chi connectivity index (χ2n) is 3.01. The minimum Gasteiger partial charge on any atom is -0.496 e. The van der Waals surface area contributed by atoms with Crippen LogP contribution in [0.2, 0.25) is 0 Å². The molecule has 0 aliphatic heterocycles. The SMILES string of the molecule is COc1cc(CCl)ccc1-c1nccs1. The summed E-state index contributed by atoms with van der Waals surface area (Å²) >= 11 is 7.36. The Morgan fingerprint density at radius 2 is 2.33 bits per heavy atom. The highest BCUT2D eigenvalue weighted by Gasteiger charge is 2.08. The lowest BCUT2D eigenvalue weighted by atomic mass is 10.1. The fraction of sp³-hybridized carbons (Fsp3) is 0.182. The summed E-state index contributed by atoms with van der Waals surface area (Å²) in [6, 6.07) is 5.94. The van der Waals surface area contributed by atoms with E-state index in [-0.39, 0.29) is 0 Å². The van der Waals surface area contributed by atoms with Gasteiger partial charge in [0, 0.05) is 17.5 Å². The van der Waals surface area contributed by atoms with E-state index in [0.29, 0.717) is 5.88 Å². The van der Waals surface area contributed by atoms with Crippen molar-refractivity contribution in [1.29, 1.82) is 0 Å². The second-order valence-corrected chi connectivity index (χ2v) is 4.17. The fourth-order valence-corrected chi connectivity index (χ4v) is 2.19. The molecule has 0 amide bonds. The first kappa shape index (κ1) is 10.5. The zero-order valence-corrected chi connectivity index (χ0v) is 9.81. The van der Waals surface area contributed by atoms with Gasteiger partial charge in [0.25, 0.3) is 0 Å². The molecule has 0 bridgehead atoms. The predicted octanol–water partition coefficient (Wildman–Crippen LogP) is 3.56. The third-order valence-corrected chi connectivity index (χ3v) is 3.20. The molecule has 1 heterocycles. The highest BCUT2D eigenvalue weighted by molar-refractivity contribution is 7.13. The molecule has 4 heteroatoms. The fourth-order valence-electron chi connectivity index (χ4n) is 1.35. The Morgan fingerprint density at radius 1 is 1.47 bits per heavy atom. The van der Waals surface area contributed by atoms with Crippen molar-refractivity contribution >= 4 is 22.9 Å². The van der Waals surface area contributed by atoms with Gasteiger partial charge in [0.2, 0.25) is 0 Å². The molecule has 1 aromatic carbocycles. The van der Waals surface area contributed by atoms with Crippen LogP contribution in [-0.4, -0.2) is 12.1 Å². The van der Waals surface area contributed by atoms with E-state index < -0.39 is 0 Å². The van der Waals surface area contributed by atoms with Gasteiger partial charge in [-0.3, -0.25) is 0 Å². The molecule has 0 fully saturated rings. The summed E-state index contributed by atoms with van der Waals surface area (Å²) in [5.41, 5.74) is 2.06. The lowest BCUT2D eigenvalue weighted by Gasteiger charge is -2.07. The van der Waals surface area contributed by atoms with Crippen molar-refractivity contribution in [2.75, 3.05) is 7.11 Å². The molecular formula is C11H10ClNOS. The Labute approximate surface area is 97.5 Å². The van der Waals surface area contributed by atoms with Gasteiger partial charge in [0.05, 0.1) is 12.7 Å².